The second-order valence-corrected chi connectivity index (χ2v) is 4.68. The van der Waals surface area contributed by atoms with E-state index in [4.69, 9.17) is 10.5 Å². The Morgan fingerprint density at radius 3 is 2.81 bits per heavy atom. The Kier molecular flexibility index (Phi) is 5.77. The summed E-state index contributed by atoms with van der Waals surface area (Å²) < 4.78 is 5.37. The van der Waals surface area contributed by atoms with Crippen molar-refractivity contribution in [2.24, 2.45) is 11.7 Å². The highest BCUT2D eigenvalue weighted by atomic mass is 16.5. The molecule has 1 heterocycles. The normalized spacial score (nSPS) is 21.1. The van der Waals surface area contributed by atoms with Gasteiger partial charge in [0.05, 0.1) is 12.5 Å². The SMILES string of the molecule is CC(C)N(CCCN)C(=O)C1CCCOC1. The maximum absolute atomic E-state index is 12.3. The molecule has 1 rings (SSSR count). The van der Waals surface area contributed by atoms with E-state index in [1.165, 1.54) is 0 Å². The van der Waals surface area contributed by atoms with Crippen molar-refractivity contribution in [3.8, 4) is 0 Å². The van der Waals surface area contributed by atoms with Crippen molar-refractivity contribution in [2.75, 3.05) is 26.3 Å². The minimum Gasteiger partial charge on any atom is -0.381 e. The van der Waals surface area contributed by atoms with Crippen LogP contribution in [0.4, 0.5) is 0 Å². The summed E-state index contributed by atoms with van der Waals surface area (Å²) in [6.45, 7) is 6.90. The summed E-state index contributed by atoms with van der Waals surface area (Å²) in [6.07, 6.45) is 2.83. The highest BCUT2D eigenvalue weighted by Gasteiger charge is 2.27. The minimum absolute atomic E-state index is 0.0638. The first-order valence-corrected chi connectivity index (χ1v) is 6.25. The molecular weight excluding hydrogens is 204 g/mol. The van der Waals surface area contributed by atoms with Crippen molar-refractivity contribution in [3.05, 3.63) is 0 Å². The zero-order chi connectivity index (χ0) is 12.0. The van der Waals surface area contributed by atoms with Crippen molar-refractivity contribution in [1.82, 2.24) is 4.90 Å². The largest absolute Gasteiger partial charge is 0.381 e. The molecule has 1 unspecified atom stereocenters. The van der Waals surface area contributed by atoms with Crippen molar-refractivity contribution in [3.63, 3.8) is 0 Å². The average molecular weight is 228 g/mol. The third-order valence-electron chi connectivity index (χ3n) is 3.02. The first kappa shape index (κ1) is 13.5. The monoisotopic (exact) mass is 228 g/mol. The molecule has 0 bridgehead atoms. The molecule has 16 heavy (non-hydrogen) atoms. The smallest absolute Gasteiger partial charge is 0.228 e. The Morgan fingerprint density at radius 1 is 1.56 bits per heavy atom. The molecule has 0 aromatic carbocycles. The fourth-order valence-corrected chi connectivity index (χ4v) is 2.05. The van der Waals surface area contributed by atoms with Gasteiger partial charge in [-0.05, 0) is 39.7 Å². The number of rotatable bonds is 5. The number of amides is 1. The predicted octanol–water partition coefficient (Wildman–Crippen LogP) is 0.999. The van der Waals surface area contributed by atoms with Crippen LogP contribution in [0.1, 0.15) is 33.1 Å². The van der Waals surface area contributed by atoms with E-state index in [1.54, 1.807) is 0 Å². The molecule has 1 fully saturated rings. The first-order chi connectivity index (χ1) is 7.66. The molecule has 0 radical (unpaired) electrons. The van der Waals surface area contributed by atoms with Crippen LogP contribution in [-0.2, 0) is 9.53 Å². The number of hydrogen-bond donors (Lipinski definition) is 1. The van der Waals surface area contributed by atoms with Crippen LogP contribution >= 0.6 is 0 Å². The maximum atomic E-state index is 12.3. The van der Waals surface area contributed by atoms with E-state index in [0.29, 0.717) is 13.2 Å². The molecule has 1 aliphatic heterocycles. The molecule has 1 saturated heterocycles. The van der Waals surface area contributed by atoms with Gasteiger partial charge in [-0.2, -0.15) is 0 Å². The van der Waals surface area contributed by atoms with Crippen LogP contribution in [0.5, 0.6) is 0 Å². The van der Waals surface area contributed by atoms with E-state index in [-0.39, 0.29) is 17.9 Å². The molecule has 2 N–H and O–H groups in total. The lowest BCUT2D eigenvalue weighted by atomic mass is 10.00. The van der Waals surface area contributed by atoms with Crippen LogP contribution in [-0.4, -0.2) is 43.2 Å². The molecule has 0 spiro atoms. The quantitative estimate of drug-likeness (QED) is 0.763. The first-order valence-electron chi connectivity index (χ1n) is 6.25. The number of nitrogens with zero attached hydrogens (tertiary/aromatic N) is 1. The fraction of sp³-hybridized carbons (Fsp3) is 0.917. The number of ether oxygens (including phenoxy) is 1. The van der Waals surface area contributed by atoms with Crippen LogP contribution in [0, 0.1) is 5.92 Å². The molecule has 1 amide bonds. The predicted molar refractivity (Wildman–Crippen MR) is 64.1 cm³/mol. The zero-order valence-electron chi connectivity index (χ0n) is 10.4. The lowest BCUT2D eigenvalue weighted by Gasteiger charge is -2.32. The van der Waals surface area contributed by atoms with Crippen LogP contribution in [0.2, 0.25) is 0 Å². The molecule has 1 atom stereocenters. The van der Waals surface area contributed by atoms with E-state index in [1.807, 2.05) is 4.90 Å². The number of carbonyl (C=O) groups excluding carboxylic acids is 1. The lowest BCUT2D eigenvalue weighted by molar-refractivity contribution is -0.141. The molecule has 0 aliphatic carbocycles. The van der Waals surface area contributed by atoms with Crippen LogP contribution in [0.15, 0.2) is 0 Å². The van der Waals surface area contributed by atoms with Crippen LogP contribution in [0.25, 0.3) is 0 Å². The highest BCUT2D eigenvalue weighted by Crippen LogP contribution is 2.17. The summed E-state index contributed by atoms with van der Waals surface area (Å²) in [5.74, 6) is 0.303. The highest BCUT2D eigenvalue weighted by molar-refractivity contribution is 5.79. The van der Waals surface area contributed by atoms with E-state index >= 15 is 0 Å². The Labute approximate surface area is 98.1 Å². The number of nitrogens with two attached hydrogens (primary N) is 1. The molecule has 94 valence electrons. The second kappa shape index (κ2) is 6.86. The standard InChI is InChI=1S/C12H24N2O2/c1-10(2)14(7-4-6-13)12(15)11-5-3-8-16-9-11/h10-11H,3-9,13H2,1-2H3. The molecule has 4 heteroatoms. The molecule has 0 saturated carbocycles. The Balaban J connectivity index is 2.51. The van der Waals surface area contributed by atoms with Gasteiger partial charge >= 0.3 is 0 Å². The van der Waals surface area contributed by atoms with Gasteiger partial charge in [0.1, 0.15) is 0 Å². The Morgan fingerprint density at radius 2 is 2.31 bits per heavy atom. The number of hydrogen-bond acceptors (Lipinski definition) is 3. The third-order valence-corrected chi connectivity index (χ3v) is 3.02. The van der Waals surface area contributed by atoms with E-state index in [9.17, 15) is 4.79 Å². The maximum Gasteiger partial charge on any atom is 0.228 e. The van der Waals surface area contributed by atoms with Crippen molar-refractivity contribution < 1.29 is 9.53 Å². The molecule has 0 aromatic heterocycles. The summed E-state index contributed by atoms with van der Waals surface area (Å²) in [4.78, 5) is 14.2. The Hall–Kier alpha value is -0.610. The van der Waals surface area contributed by atoms with Gasteiger partial charge in [-0.1, -0.05) is 0 Å². The van der Waals surface area contributed by atoms with Gasteiger partial charge in [0.15, 0.2) is 0 Å². The lowest BCUT2D eigenvalue weighted by Crippen LogP contribution is -2.44. The van der Waals surface area contributed by atoms with Gasteiger partial charge < -0.3 is 15.4 Å². The van der Waals surface area contributed by atoms with Gasteiger partial charge in [0.2, 0.25) is 5.91 Å². The summed E-state index contributed by atoms with van der Waals surface area (Å²) in [6, 6.07) is 0.251. The summed E-state index contributed by atoms with van der Waals surface area (Å²) in [7, 11) is 0. The van der Waals surface area contributed by atoms with E-state index in [2.05, 4.69) is 13.8 Å². The summed E-state index contributed by atoms with van der Waals surface area (Å²) in [5, 5.41) is 0. The second-order valence-electron chi connectivity index (χ2n) is 4.68. The van der Waals surface area contributed by atoms with Gasteiger partial charge in [0.25, 0.3) is 0 Å². The molecule has 0 aromatic rings. The van der Waals surface area contributed by atoms with Gasteiger partial charge in [0, 0.05) is 19.2 Å². The average Bonchev–Trinajstić information content (AvgIpc) is 2.30. The van der Waals surface area contributed by atoms with Gasteiger partial charge in [-0.15, -0.1) is 0 Å². The third kappa shape index (κ3) is 3.76. The van der Waals surface area contributed by atoms with E-state index in [0.717, 1.165) is 32.4 Å². The topological polar surface area (TPSA) is 55.6 Å². The van der Waals surface area contributed by atoms with Crippen LogP contribution < -0.4 is 5.73 Å². The molecule has 1 aliphatic rings. The van der Waals surface area contributed by atoms with E-state index < -0.39 is 0 Å². The fourth-order valence-electron chi connectivity index (χ4n) is 2.05. The Bertz CT molecular complexity index is 213. The minimum atomic E-state index is 0.0638. The zero-order valence-corrected chi connectivity index (χ0v) is 10.4. The van der Waals surface area contributed by atoms with Gasteiger partial charge in [-0.3, -0.25) is 4.79 Å². The molecular formula is C12H24N2O2. The number of carbonyl (C=O) groups is 1. The summed E-state index contributed by atoms with van der Waals surface area (Å²) >= 11 is 0. The molecule has 4 nitrogen and oxygen atoms in total. The van der Waals surface area contributed by atoms with Crippen molar-refractivity contribution in [2.45, 2.75) is 39.2 Å². The summed E-state index contributed by atoms with van der Waals surface area (Å²) in [5.41, 5.74) is 5.49. The van der Waals surface area contributed by atoms with Crippen LogP contribution in [0.3, 0.4) is 0 Å². The van der Waals surface area contributed by atoms with Crippen molar-refractivity contribution in [1.29, 1.82) is 0 Å². The van der Waals surface area contributed by atoms with Crippen molar-refractivity contribution >= 4 is 5.91 Å². The van der Waals surface area contributed by atoms with Gasteiger partial charge in [-0.25, -0.2) is 0 Å².